The average molecular weight is 209 g/mol. The van der Waals surface area contributed by atoms with Gasteiger partial charge in [0.1, 0.15) is 5.78 Å². The lowest BCUT2D eigenvalue weighted by atomic mass is 9.78. The Kier molecular flexibility index (Phi) is 3.15. The summed E-state index contributed by atoms with van der Waals surface area (Å²) in [6.07, 6.45) is 5.85. The van der Waals surface area contributed by atoms with Crippen LogP contribution >= 0.6 is 0 Å². The zero-order valence-corrected chi connectivity index (χ0v) is 9.91. The van der Waals surface area contributed by atoms with Gasteiger partial charge in [-0.3, -0.25) is 4.79 Å². The van der Waals surface area contributed by atoms with E-state index in [1.165, 1.54) is 19.3 Å². The van der Waals surface area contributed by atoms with E-state index in [4.69, 9.17) is 5.73 Å². The number of nitrogens with two attached hydrogens (primary N) is 1. The van der Waals surface area contributed by atoms with E-state index < -0.39 is 0 Å². The largest absolute Gasteiger partial charge is 0.327 e. The van der Waals surface area contributed by atoms with E-state index in [-0.39, 0.29) is 17.9 Å². The molecule has 2 fully saturated rings. The molecule has 5 atom stereocenters. The molecule has 2 rings (SSSR count). The lowest BCUT2D eigenvalue weighted by Crippen LogP contribution is -2.42. The predicted molar refractivity (Wildman–Crippen MR) is 61.4 cm³/mol. The molecular weight excluding hydrogens is 186 g/mol. The first-order valence-corrected chi connectivity index (χ1v) is 6.44. The molecule has 2 heteroatoms. The number of Topliss-reactive ketones (excluding diaryl/α,β-unsaturated/α-hetero) is 1. The second kappa shape index (κ2) is 4.25. The molecule has 0 saturated heterocycles. The lowest BCUT2D eigenvalue weighted by Gasteiger charge is -2.28. The maximum atomic E-state index is 12.3. The zero-order valence-electron chi connectivity index (χ0n) is 9.91. The van der Waals surface area contributed by atoms with Gasteiger partial charge in [-0.15, -0.1) is 0 Å². The highest BCUT2D eigenvalue weighted by molar-refractivity contribution is 5.84. The molecule has 0 aromatic rings. The monoisotopic (exact) mass is 209 g/mol. The van der Waals surface area contributed by atoms with Crippen LogP contribution in [0.4, 0.5) is 0 Å². The van der Waals surface area contributed by atoms with E-state index in [9.17, 15) is 4.79 Å². The van der Waals surface area contributed by atoms with Crippen molar-refractivity contribution in [1.82, 2.24) is 0 Å². The second-order valence-corrected chi connectivity index (χ2v) is 5.53. The van der Waals surface area contributed by atoms with Crippen LogP contribution in [-0.4, -0.2) is 11.8 Å². The Bertz CT molecular complexity index is 249. The zero-order chi connectivity index (χ0) is 11.0. The topological polar surface area (TPSA) is 43.1 Å². The summed E-state index contributed by atoms with van der Waals surface area (Å²) in [6, 6.07) is 0.176. The minimum absolute atomic E-state index is 0.176. The van der Waals surface area contributed by atoms with Crippen LogP contribution in [0.15, 0.2) is 0 Å². The quantitative estimate of drug-likeness (QED) is 0.772. The number of hydrogen-bond donors (Lipinski definition) is 1. The number of carbonyl (C=O) groups excluding carboxylic acids is 1. The number of carbonyl (C=O) groups is 1. The molecule has 0 aromatic carbocycles. The maximum Gasteiger partial charge on any atom is 0.140 e. The molecule has 5 unspecified atom stereocenters. The molecule has 2 bridgehead atoms. The molecular formula is C13H23NO. The van der Waals surface area contributed by atoms with Crippen LogP contribution in [0.5, 0.6) is 0 Å². The molecule has 2 aliphatic carbocycles. The average Bonchev–Trinajstić information content (AvgIpc) is 2.77. The molecule has 86 valence electrons. The molecule has 2 saturated carbocycles. The van der Waals surface area contributed by atoms with Gasteiger partial charge in [0.25, 0.3) is 0 Å². The molecule has 2 N–H and O–H groups in total. The van der Waals surface area contributed by atoms with E-state index in [1.807, 2.05) is 0 Å². The van der Waals surface area contributed by atoms with E-state index in [0.29, 0.717) is 17.6 Å². The first-order valence-electron chi connectivity index (χ1n) is 6.44. The summed E-state index contributed by atoms with van der Waals surface area (Å²) in [5.74, 6) is 2.15. The third kappa shape index (κ3) is 1.84. The van der Waals surface area contributed by atoms with Gasteiger partial charge in [-0.2, -0.15) is 0 Å². The van der Waals surface area contributed by atoms with Crippen molar-refractivity contribution in [3.8, 4) is 0 Å². The summed E-state index contributed by atoms with van der Waals surface area (Å²) in [5.41, 5.74) is 6.18. The molecule has 2 aliphatic rings. The van der Waals surface area contributed by atoms with Gasteiger partial charge in [0.15, 0.2) is 0 Å². The van der Waals surface area contributed by atoms with Crippen molar-refractivity contribution in [2.45, 2.75) is 52.0 Å². The van der Waals surface area contributed by atoms with Crippen molar-refractivity contribution in [3.05, 3.63) is 0 Å². The summed E-state index contributed by atoms with van der Waals surface area (Å²) in [5, 5.41) is 0. The standard InChI is InChI=1S/C13H23NO/c1-3-4-8(2)13(15)11-9-5-6-10(7-9)12(11)14/h8-12H,3-7,14H2,1-2H3. The second-order valence-electron chi connectivity index (χ2n) is 5.53. The third-order valence-corrected chi connectivity index (χ3v) is 4.52. The molecule has 0 spiro atoms. The Labute approximate surface area is 92.6 Å². The number of ketones is 1. The Morgan fingerprint density at radius 2 is 2.07 bits per heavy atom. The van der Waals surface area contributed by atoms with Gasteiger partial charge in [-0.1, -0.05) is 20.3 Å². The highest BCUT2D eigenvalue weighted by atomic mass is 16.1. The van der Waals surface area contributed by atoms with Crippen LogP contribution < -0.4 is 5.73 Å². The van der Waals surface area contributed by atoms with Crippen LogP contribution in [-0.2, 0) is 4.79 Å². The Hall–Kier alpha value is -0.370. The lowest BCUT2D eigenvalue weighted by molar-refractivity contribution is -0.128. The van der Waals surface area contributed by atoms with Gasteiger partial charge in [-0.25, -0.2) is 0 Å². The minimum atomic E-state index is 0.176. The molecule has 15 heavy (non-hydrogen) atoms. The Balaban J connectivity index is 2.01. The first kappa shape index (κ1) is 11.1. The van der Waals surface area contributed by atoms with E-state index in [2.05, 4.69) is 13.8 Å². The third-order valence-electron chi connectivity index (χ3n) is 4.52. The molecule has 0 aliphatic heterocycles. The molecule has 0 aromatic heterocycles. The molecule has 0 amide bonds. The van der Waals surface area contributed by atoms with Crippen molar-refractivity contribution in [3.63, 3.8) is 0 Å². The SMILES string of the molecule is CCCC(C)C(=O)C1C2CCC(C2)C1N. The van der Waals surface area contributed by atoms with Gasteiger partial charge in [0.05, 0.1) is 0 Å². The fourth-order valence-corrected chi connectivity index (χ4v) is 3.66. The Morgan fingerprint density at radius 3 is 2.60 bits per heavy atom. The van der Waals surface area contributed by atoms with Crippen LogP contribution in [0.3, 0.4) is 0 Å². The van der Waals surface area contributed by atoms with Crippen molar-refractivity contribution in [2.75, 3.05) is 0 Å². The highest BCUT2D eigenvalue weighted by Gasteiger charge is 2.49. The van der Waals surface area contributed by atoms with Gasteiger partial charge >= 0.3 is 0 Å². The summed E-state index contributed by atoms with van der Waals surface area (Å²) in [4.78, 5) is 12.3. The molecule has 0 heterocycles. The number of rotatable bonds is 4. The smallest absolute Gasteiger partial charge is 0.140 e. The number of fused-ring (bicyclic) bond motifs is 2. The van der Waals surface area contributed by atoms with Crippen molar-refractivity contribution in [2.24, 2.45) is 29.4 Å². The van der Waals surface area contributed by atoms with Crippen LogP contribution in [0.25, 0.3) is 0 Å². The van der Waals surface area contributed by atoms with E-state index >= 15 is 0 Å². The minimum Gasteiger partial charge on any atom is -0.327 e. The summed E-state index contributed by atoms with van der Waals surface area (Å²) >= 11 is 0. The Morgan fingerprint density at radius 1 is 1.40 bits per heavy atom. The first-order chi connectivity index (χ1) is 7.15. The van der Waals surface area contributed by atoms with Crippen LogP contribution in [0.2, 0.25) is 0 Å². The van der Waals surface area contributed by atoms with E-state index in [1.54, 1.807) is 0 Å². The van der Waals surface area contributed by atoms with Gasteiger partial charge < -0.3 is 5.73 Å². The molecule has 0 radical (unpaired) electrons. The predicted octanol–water partition coefficient (Wildman–Crippen LogP) is 2.37. The maximum absolute atomic E-state index is 12.3. The molecule has 2 nitrogen and oxygen atoms in total. The summed E-state index contributed by atoms with van der Waals surface area (Å²) in [7, 11) is 0. The van der Waals surface area contributed by atoms with Crippen LogP contribution in [0.1, 0.15) is 46.0 Å². The normalized spacial score (nSPS) is 40.7. The number of hydrogen-bond acceptors (Lipinski definition) is 2. The highest BCUT2D eigenvalue weighted by Crippen LogP contribution is 2.48. The fraction of sp³-hybridized carbons (Fsp3) is 0.923. The van der Waals surface area contributed by atoms with Crippen molar-refractivity contribution in [1.29, 1.82) is 0 Å². The fourth-order valence-electron chi connectivity index (χ4n) is 3.66. The summed E-state index contributed by atoms with van der Waals surface area (Å²) < 4.78 is 0. The van der Waals surface area contributed by atoms with Crippen molar-refractivity contribution < 1.29 is 4.79 Å². The van der Waals surface area contributed by atoms with Gasteiger partial charge in [0, 0.05) is 17.9 Å². The van der Waals surface area contributed by atoms with Crippen LogP contribution in [0, 0.1) is 23.7 Å². The van der Waals surface area contributed by atoms with Gasteiger partial charge in [0.2, 0.25) is 0 Å². The van der Waals surface area contributed by atoms with Crippen molar-refractivity contribution >= 4 is 5.78 Å². The van der Waals surface area contributed by atoms with E-state index in [0.717, 1.165) is 12.8 Å². The summed E-state index contributed by atoms with van der Waals surface area (Å²) in [6.45, 7) is 4.22. The van der Waals surface area contributed by atoms with Gasteiger partial charge in [-0.05, 0) is 37.5 Å².